The Labute approximate surface area is 188 Å². The maximum Gasteiger partial charge on any atom is 0.307 e. The van der Waals surface area contributed by atoms with Crippen LogP contribution in [0.25, 0.3) is 0 Å². The molecule has 0 saturated carbocycles. The van der Waals surface area contributed by atoms with Crippen molar-refractivity contribution in [2.24, 2.45) is 0 Å². The molecule has 1 aliphatic rings. The van der Waals surface area contributed by atoms with Crippen LogP contribution in [0.4, 0.5) is 5.69 Å². The SMILES string of the molecule is CCOC(=O)C[C@@H]1c2cc(OC)c(OC)cc2CCN1CC(=O)Nc1ccc(OC)cc1. The lowest BCUT2D eigenvalue weighted by atomic mass is 9.90. The number of esters is 1. The van der Waals surface area contributed by atoms with Gasteiger partial charge in [-0.3, -0.25) is 14.5 Å². The van der Waals surface area contributed by atoms with Crippen LogP contribution >= 0.6 is 0 Å². The van der Waals surface area contributed by atoms with Crippen molar-refractivity contribution in [1.29, 1.82) is 0 Å². The number of methoxy groups -OCH3 is 3. The van der Waals surface area contributed by atoms with Crippen molar-refractivity contribution >= 4 is 17.6 Å². The monoisotopic (exact) mass is 442 g/mol. The molecule has 1 aliphatic heterocycles. The van der Waals surface area contributed by atoms with Crippen LogP contribution in [-0.4, -0.2) is 57.8 Å². The number of carbonyl (C=O) groups excluding carboxylic acids is 2. The summed E-state index contributed by atoms with van der Waals surface area (Å²) in [6.07, 6.45) is 0.872. The number of rotatable bonds is 9. The van der Waals surface area contributed by atoms with Gasteiger partial charge in [0.15, 0.2) is 11.5 Å². The Kier molecular flexibility index (Phi) is 7.94. The summed E-state index contributed by atoms with van der Waals surface area (Å²) in [4.78, 5) is 27.2. The number of anilines is 1. The average molecular weight is 443 g/mol. The molecule has 0 radical (unpaired) electrons. The van der Waals surface area contributed by atoms with Crippen molar-refractivity contribution < 1.29 is 28.5 Å². The highest BCUT2D eigenvalue weighted by Crippen LogP contribution is 2.39. The lowest BCUT2D eigenvalue weighted by Crippen LogP contribution is -2.41. The van der Waals surface area contributed by atoms with Gasteiger partial charge >= 0.3 is 5.97 Å². The largest absolute Gasteiger partial charge is 0.497 e. The Morgan fingerprint density at radius 3 is 2.34 bits per heavy atom. The number of carbonyl (C=O) groups is 2. The van der Waals surface area contributed by atoms with E-state index in [2.05, 4.69) is 5.32 Å². The van der Waals surface area contributed by atoms with Crippen LogP contribution in [0.15, 0.2) is 36.4 Å². The first-order valence-corrected chi connectivity index (χ1v) is 10.6. The van der Waals surface area contributed by atoms with E-state index in [9.17, 15) is 9.59 Å². The highest BCUT2D eigenvalue weighted by atomic mass is 16.5. The van der Waals surface area contributed by atoms with Crippen LogP contribution in [0.5, 0.6) is 17.2 Å². The summed E-state index contributed by atoms with van der Waals surface area (Å²) in [5.74, 6) is 1.49. The van der Waals surface area contributed by atoms with Gasteiger partial charge in [-0.2, -0.15) is 0 Å². The molecule has 3 rings (SSSR count). The molecule has 1 amide bonds. The molecule has 0 bridgehead atoms. The summed E-state index contributed by atoms with van der Waals surface area (Å²) in [5, 5.41) is 2.91. The number of amides is 1. The summed E-state index contributed by atoms with van der Waals surface area (Å²) < 4.78 is 21.2. The summed E-state index contributed by atoms with van der Waals surface area (Å²) in [5.41, 5.74) is 2.70. The van der Waals surface area contributed by atoms with Crippen LogP contribution in [0, 0.1) is 0 Å². The second-order valence-electron chi connectivity index (χ2n) is 7.43. The van der Waals surface area contributed by atoms with Gasteiger partial charge in [-0.25, -0.2) is 0 Å². The van der Waals surface area contributed by atoms with Crippen LogP contribution in [0.3, 0.4) is 0 Å². The molecule has 1 atom stereocenters. The van der Waals surface area contributed by atoms with Gasteiger partial charge in [0, 0.05) is 18.3 Å². The van der Waals surface area contributed by atoms with Gasteiger partial charge in [0.2, 0.25) is 5.91 Å². The highest BCUT2D eigenvalue weighted by molar-refractivity contribution is 5.92. The smallest absolute Gasteiger partial charge is 0.307 e. The zero-order valence-corrected chi connectivity index (χ0v) is 19.0. The molecule has 0 spiro atoms. The Morgan fingerprint density at radius 1 is 1.03 bits per heavy atom. The standard InChI is InChI=1S/C24H30N2O6/c1-5-32-24(28)14-20-19-13-22(31-4)21(30-3)12-16(19)10-11-26(20)15-23(27)25-17-6-8-18(29-2)9-7-17/h6-9,12-13,20H,5,10-11,14-15H2,1-4H3,(H,25,27)/t20-/m1/s1. The quantitative estimate of drug-likeness (QED) is 0.597. The van der Waals surface area contributed by atoms with Gasteiger partial charge < -0.3 is 24.3 Å². The van der Waals surface area contributed by atoms with Gasteiger partial charge in [-0.15, -0.1) is 0 Å². The molecule has 8 heteroatoms. The normalized spacial score (nSPS) is 15.4. The summed E-state index contributed by atoms with van der Waals surface area (Å²) in [7, 11) is 4.77. The number of hydrogen-bond donors (Lipinski definition) is 1. The van der Waals surface area contributed by atoms with Gasteiger partial charge in [0.25, 0.3) is 0 Å². The molecule has 8 nitrogen and oxygen atoms in total. The minimum atomic E-state index is -0.306. The summed E-state index contributed by atoms with van der Waals surface area (Å²) in [6.45, 7) is 2.86. The molecular weight excluding hydrogens is 412 g/mol. The third-order valence-corrected chi connectivity index (χ3v) is 5.50. The van der Waals surface area contributed by atoms with Crippen LogP contribution in [-0.2, 0) is 20.7 Å². The van der Waals surface area contributed by atoms with Crippen LogP contribution in [0.1, 0.15) is 30.5 Å². The van der Waals surface area contributed by atoms with E-state index < -0.39 is 0 Å². The van der Waals surface area contributed by atoms with E-state index in [0.717, 1.165) is 23.3 Å². The fourth-order valence-electron chi connectivity index (χ4n) is 3.95. The zero-order chi connectivity index (χ0) is 23.1. The third-order valence-electron chi connectivity index (χ3n) is 5.50. The van der Waals surface area contributed by atoms with E-state index in [0.29, 0.717) is 30.3 Å². The molecule has 2 aromatic rings. The summed E-state index contributed by atoms with van der Waals surface area (Å²) in [6, 6.07) is 10.7. The van der Waals surface area contributed by atoms with Gasteiger partial charge in [0.05, 0.1) is 40.9 Å². The van der Waals surface area contributed by atoms with E-state index in [-0.39, 0.29) is 30.9 Å². The second kappa shape index (κ2) is 10.9. The molecule has 1 heterocycles. The molecule has 0 fully saturated rings. The van der Waals surface area contributed by atoms with Crippen molar-refractivity contribution in [3.63, 3.8) is 0 Å². The first kappa shape index (κ1) is 23.4. The van der Waals surface area contributed by atoms with E-state index >= 15 is 0 Å². The first-order chi connectivity index (χ1) is 15.5. The highest BCUT2D eigenvalue weighted by Gasteiger charge is 2.32. The fourth-order valence-corrected chi connectivity index (χ4v) is 3.95. The van der Waals surface area contributed by atoms with Gasteiger partial charge in [-0.05, 0) is 60.9 Å². The van der Waals surface area contributed by atoms with Crippen molar-refractivity contribution in [2.75, 3.05) is 46.3 Å². The molecule has 0 unspecified atom stereocenters. The van der Waals surface area contributed by atoms with E-state index in [1.165, 1.54) is 0 Å². The molecule has 32 heavy (non-hydrogen) atoms. The third kappa shape index (κ3) is 5.50. The minimum Gasteiger partial charge on any atom is -0.497 e. The first-order valence-electron chi connectivity index (χ1n) is 10.6. The Hall–Kier alpha value is -3.26. The molecule has 172 valence electrons. The number of benzene rings is 2. The maximum absolute atomic E-state index is 12.8. The molecule has 2 aromatic carbocycles. The van der Waals surface area contributed by atoms with Gasteiger partial charge in [-0.1, -0.05) is 0 Å². The molecule has 0 aliphatic carbocycles. The van der Waals surface area contributed by atoms with Crippen molar-refractivity contribution in [3.05, 3.63) is 47.5 Å². The predicted octanol–water partition coefficient (Wildman–Crippen LogP) is 3.20. The van der Waals surface area contributed by atoms with Crippen molar-refractivity contribution in [1.82, 2.24) is 4.90 Å². The second-order valence-corrected chi connectivity index (χ2v) is 7.43. The van der Waals surface area contributed by atoms with Crippen LogP contribution < -0.4 is 19.5 Å². The Bertz CT molecular complexity index is 944. The zero-order valence-electron chi connectivity index (χ0n) is 19.0. The average Bonchev–Trinajstić information content (AvgIpc) is 2.80. The van der Waals surface area contributed by atoms with Crippen molar-refractivity contribution in [2.45, 2.75) is 25.8 Å². The van der Waals surface area contributed by atoms with E-state index in [1.807, 2.05) is 17.0 Å². The molecule has 0 saturated heterocycles. The predicted molar refractivity (Wildman–Crippen MR) is 120 cm³/mol. The maximum atomic E-state index is 12.8. The Balaban J connectivity index is 1.82. The van der Waals surface area contributed by atoms with Crippen LogP contribution in [0.2, 0.25) is 0 Å². The molecule has 1 N–H and O–H groups in total. The van der Waals surface area contributed by atoms with E-state index in [4.69, 9.17) is 18.9 Å². The van der Waals surface area contributed by atoms with Gasteiger partial charge in [0.1, 0.15) is 5.75 Å². The number of nitrogens with zero attached hydrogens (tertiary/aromatic N) is 1. The number of nitrogens with one attached hydrogen (secondary N) is 1. The summed E-state index contributed by atoms with van der Waals surface area (Å²) >= 11 is 0. The fraction of sp³-hybridized carbons (Fsp3) is 0.417. The lowest BCUT2D eigenvalue weighted by Gasteiger charge is -2.37. The van der Waals surface area contributed by atoms with E-state index in [1.54, 1.807) is 52.5 Å². The minimum absolute atomic E-state index is 0.143. The number of ether oxygens (including phenoxy) is 4. The number of fused-ring (bicyclic) bond motifs is 1. The van der Waals surface area contributed by atoms with Crippen molar-refractivity contribution in [3.8, 4) is 17.2 Å². The lowest BCUT2D eigenvalue weighted by molar-refractivity contribution is -0.145. The topological polar surface area (TPSA) is 86.3 Å². The Morgan fingerprint density at radius 2 is 1.72 bits per heavy atom. The molecular formula is C24H30N2O6. The molecule has 0 aromatic heterocycles. The number of hydrogen-bond acceptors (Lipinski definition) is 7.